The molecule has 1 heterocycles. The van der Waals surface area contributed by atoms with Crippen LogP contribution in [0.4, 0.5) is 0 Å². The maximum atomic E-state index is 11.5. The number of hydrogen-bond donors (Lipinski definition) is 2. The molecular weight excluding hydrogens is 386 g/mol. The van der Waals surface area contributed by atoms with E-state index in [2.05, 4.69) is 10.5 Å². The molecule has 0 radical (unpaired) electrons. The van der Waals surface area contributed by atoms with Crippen LogP contribution >= 0.6 is 11.3 Å². The van der Waals surface area contributed by atoms with Gasteiger partial charge in [-0.3, -0.25) is 9.98 Å². The van der Waals surface area contributed by atoms with Gasteiger partial charge in [0.1, 0.15) is 15.8 Å². The van der Waals surface area contributed by atoms with Gasteiger partial charge in [-0.25, -0.2) is 0 Å². The standard InChI is InChI=1S/C14H13N3O5S3/c1-17-10-6-2-3-7-11(10)23-14(17)16-15-9-5-4-8-12(25(20,21)22)13(9)24(18)19/h2-9,15H,1H3,(H,20,21,22). The molecule has 132 valence electrons. The Morgan fingerprint density at radius 1 is 1.32 bits per heavy atom. The second-order valence-corrected chi connectivity index (χ2v) is 8.43. The molecule has 11 heteroatoms. The Balaban J connectivity index is 2.03. The SMILES string of the molecule is Cn1c(=NNC2C=CC=C(S(=O)(=O)O)C2=S(=O)=O)sc2ccccc21. The zero-order chi connectivity index (χ0) is 18.2. The molecule has 1 aromatic carbocycles. The van der Waals surface area contributed by atoms with Crippen LogP contribution in [0.1, 0.15) is 0 Å². The molecule has 0 saturated carbocycles. The second-order valence-electron chi connectivity index (χ2n) is 5.12. The van der Waals surface area contributed by atoms with Gasteiger partial charge in [0.2, 0.25) is 15.1 Å². The molecule has 2 N–H and O–H groups in total. The molecule has 0 saturated heterocycles. The molecule has 8 nitrogen and oxygen atoms in total. The van der Waals surface area contributed by atoms with Gasteiger partial charge < -0.3 is 4.57 Å². The molecule has 1 aromatic heterocycles. The number of nitrogens with zero attached hydrogens (tertiary/aromatic N) is 2. The zero-order valence-corrected chi connectivity index (χ0v) is 15.3. The van der Waals surface area contributed by atoms with Gasteiger partial charge in [0.15, 0.2) is 0 Å². The molecule has 0 spiro atoms. The van der Waals surface area contributed by atoms with Crippen LogP contribution in [0.15, 0.2) is 52.5 Å². The first-order chi connectivity index (χ1) is 11.8. The third-order valence-electron chi connectivity index (χ3n) is 3.55. The molecule has 0 amide bonds. The van der Waals surface area contributed by atoms with Crippen molar-refractivity contribution in [3.05, 3.63) is 52.2 Å². The maximum Gasteiger partial charge on any atom is 0.295 e. The maximum absolute atomic E-state index is 11.5. The molecule has 3 rings (SSSR count). The average molecular weight is 399 g/mol. The molecule has 1 aliphatic rings. The van der Waals surface area contributed by atoms with E-state index in [0.717, 1.165) is 16.3 Å². The first-order valence-electron chi connectivity index (χ1n) is 6.95. The van der Waals surface area contributed by atoms with E-state index in [4.69, 9.17) is 0 Å². The summed E-state index contributed by atoms with van der Waals surface area (Å²) in [5.41, 5.74) is 3.62. The van der Waals surface area contributed by atoms with E-state index in [1.54, 1.807) is 0 Å². The monoisotopic (exact) mass is 399 g/mol. The van der Waals surface area contributed by atoms with Gasteiger partial charge in [0.25, 0.3) is 10.1 Å². The number of allylic oxidation sites excluding steroid dienone is 2. The van der Waals surface area contributed by atoms with Crippen LogP contribution in [0.3, 0.4) is 0 Å². The van der Waals surface area contributed by atoms with Crippen LogP contribution in [0, 0.1) is 0 Å². The van der Waals surface area contributed by atoms with Gasteiger partial charge >= 0.3 is 0 Å². The van der Waals surface area contributed by atoms with E-state index in [-0.39, 0.29) is 0 Å². The van der Waals surface area contributed by atoms with Crippen LogP contribution in [0.2, 0.25) is 0 Å². The Morgan fingerprint density at radius 3 is 2.68 bits per heavy atom. The van der Waals surface area contributed by atoms with Crippen molar-refractivity contribution in [3.63, 3.8) is 0 Å². The first-order valence-corrected chi connectivity index (χ1v) is 10.3. The molecule has 0 aliphatic heterocycles. The van der Waals surface area contributed by atoms with Crippen LogP contribution in [0.5, 0.6) is 0 Å². The Bertz CT molecular complexity index is 1210. The Hall–Kier alpha value is -2.21. The van der Waals surface area contributed by atoms with Crippen LogP contribution in [0.25, 0.3) is 10.2 Å². The van der Waals surface area contributed by atoms with Gasteiger partial charge in [-0.15, -0.1) is 5.10 Å². The minimum absolute atomic E-state index is 0.488. The van der Waals surface area contributed by atoms with Gasteiger partial charge in [0.05, 0.1) is 10.2 Å². The van der Waals surface area contributed by atoms with E-state index in [1.165, 1.54) is 23.5 Å². The normalized spacial score (nSPS) is 18.5. The van der Waals surface area contributed by atoms with Gasteiger partial charge in [-0.2, -0.15) is 16.8 Å². The van der Waals surface area contributed by atoms with E-state index >= 15 is 0 Å². The summed E-state index contributed by atoms with van der Waals surface area (Å²) in [6.45, 7) is 0. The fourth-order valence-corrected chi connectivity index (χ4v) is 5.10. The van der Waals surface area contributed by atoms with Crippen molar-refractivity contribution < 1.29 is 21.4 Å². The number of fused-ring (bicyclic) bond motifs is 1. The van der Waals surface area contributed by atoms with Crippen molar-refractivity contribution in [2.24, 2.45) is 12.1 Å². The summed E-state index contributed by atoms with van der Waals surface area (Å²) in [4.78, 5) is -0.581. The Morgan fingerprint density at radius 2 is 2.04 bits per heavy atom. The van der Waals surface area contributed by atoms with Crippen molar-refractivity contribution in [1.82, 2.24) is 9.99 Å². The molecule has 2 aromatic rings. The lowest BCUT2D eigenvalue weighted by atomic mass is 10.1. The summed E-state index contributed by atoms with van der Waals surface area (Å²) < 4.78 is 57.8. The second kappa shape index (κ2) is 6.59. The number of nitrogens with one attached hydrogen (secondary N) is 1. The smallest absolute Gasteiger partial charge is 0.295 e. The van der Waals surface area contributed by atoms with Gasteiger partial charge in [0, 0.05) is 7.05 Å². The first kappa shape index (κ1) is 17.6. The topological polar surface area (TPSA) is 118 Å². The highest BCUT2D eigenvalue weighted by Crippen LogP contribution is 2.16. The largest absolute Gasteiger partial charge is 0.318 e. The number of para-hydroxylation sites is 1. The van der Waals surface area contributed by atoms with Crippen molar-refractivity contribution >= 4 is 46.8 Å². The predicted octanol–water partition coefficient (Wildman–Crippen LogP) is 0.407. The Kier molecular flexibility index (Phi) is 4.64. The minimum atomic E-state index is -4.67. The fraction of sp³-hybridized carbons (Fsp3) is 0.143. The minimum Gasteiger partial charge on any atom is -0.318 e. The van der Waals surface area contributed by atoms with E-state index < -0.39 is 36.2 Å². The summed E-state index contributed by atoms with van der Waals surface area (Å²) in [5, 5.41) is 4.20. The number of aryl methyl sites for hydroxylation is 1. The average Bonchev–Trinajstić information content (AvgIpc) is 2.88. The lowest BCUT2D eigenvalue weighted by molar-refractivity contribution is 0.492. The highest BCUT2D eigenvalue weighted by Gasteiger charge is 2.29. The number of aromatic nitrogens is 1. The quantitative estimate of drug-likeness (QED) is 0.438. The highest BCUT2D eigenvalue weighted by atomic mass is 32.2. The zero-order valence-electron chi connectivity index (χ0n) is 12.8. The summed E-state index contributed by atoms with van der Waals surface area (Å²) >= 11 is 1.39. The molecule has 1 aliphatic carbocycles. The van der Waals surface area contributed by atoms with Crippen LogP contribution < -0.4 is 10.2 Å². The lowest BCUT2D eigenvalue weighted by Gasteiger charge is -2.16. The third-order valence-corrected chi connectivity index (χ3v) is 6.53. The van der Waals surface area contributed by atoms with E-state index in [9.17, 15) is 21.4 Å². The summed E-state index contributed by atoms with van der Waals surface area (Å²) in [7, 11) is -5.71. The van der Waals surface area contributed by atoms with Crippen molar-refractivity contribution in [2.75, 3.05) is 0 Å². The van der Waals surface area contributed by atoms with E-state index in [1.807, 2.05) is 35.9 Å². The molecule has 25 heavy (non-hydrogen) atoms. The van der Waals surface area contributed by atoms with Crippen molar-refractivity contribution in [2.45, 2.75) is 6.04 Å². The Labute approximate surface area is 148 Å². The highest BCUT2D eigenvalue weighted by molar-refractivity contribution is 7.92. The molecule has 0 bridgehead atoms. The van der Waals surface area contributed by atoms with Crippen molar-refractivity contribution in [3.8, 4) is 0 Å². The molecule has 0 fully saturated rings. The third kappa shape index (κ3) is 3.44. The summed E-state index contributed by atoms with van der Waals surface area (Å²) in [6, 6.07) is 6.64. The number of hydrogen-bond acceptors (Lipinski definition) is 7. The lowest BCUT2D eigenvalue weighted by Crippen LogP contribution is -2.38. The molecule has 1 unspecified atom stereocenters. The van der Waals surface area contributed by atoms with Crippen LogP contribution in [-0.4, -0.2) is 36.9 Å². The van der Waals surface area contributed by atoms with Crippen molar-refractivity contribution in [1.29, 1.82) is 0 Å². The van der Waals surface area contributed by atoms with Crippen LogP contribution in [-0.2, 0) is 27.5 Å². The number of thiazole rings is 1. The number of rotatable bonds is 3. The summed E-state index contributed by atoms with van der Waals surface area (Å²) in [6.07, 6.45) is 3.81. The van der Waals surface area contributed by atoms with Gasteiger partial charge in [-0.1, -0.05) is 35.6 Å². The predicted molar refractivity (Wildman–Crippen MR) is 96.0 cm³/mol. The molecule has 1 atom stereocenters. The molecular formula is C14H13N3O5S3. The number of benzene rings is 1. The van der Waals surface area contributed by atoms with Gasteiger partial charge in [-0.05, 0) is 18.2 Å². The van der Waals surface area contributed by atoms with E-state index in [0.29, 0.717) is 4.80 Å². The fourth-order valence-electron chi connectivity index (χ4n) is 2.39. The summed E-state index contributed by atoms with van der Waals surface area (Å²) in [5.74, 6) is 0.